The molecule has 1 heterocycles. The van der Waals surface area contributed by atoms with Gasteiger partial charge in [0.1, 0.15) is 0 Å². The van der Waals surface area contributed by atoms with Gasteiger partial charge in [-0.25, -0.2) is 0 Å². The summed E-state index contributed by atoms with van der Waals surface area (Å²) in [5.74, 6) is 0. The number of aliphatic hydroxyl groups excluding tert-OH is 1. The van der Waals surface area contributed by atoms with Gasteiger partial charge < -0.3 is 16.2 Å². The molecule has 4 N–H and O–H groups in total. The molecule has 1 aromatic carbocycles. The van der Waals surface area contributed by atoms with Gasteiger partial charge in [0.15, 0.2) is 0 Å². The average molecular weight is 324 g/mol. The molecular formula is C14H18BrN3O. The maximum atomic E-state index is 9.80. The monoisotopic (exact) mass is 323 g/mol. The smallest absolute Gasteiger partial charge is 0.0743 e. The van der Waals surface area contributed by atoms with Crippen LogP contribution in [0.3, 0.4) is 0 Å². The van der Waals surface area contributed by atoms with E-state index in [1.54, 1.807) is 6.20 Å². The van der Waals surface area contributed by atoms with Crippen molar-refractivity contribution in [1.29, 1.82) is 0 Å². The Morgan fingerprint density at radius 2 is 2.26 bits per heavy atom. The first-order valence-electron chi connectivity index (χ1n) is 6.37. The van der Waals surface area contributed by atoms with Gasteiger partial charge in [-0.1, -0.05) is 29.3 Å². The zero-order valence-electron chi connectivity index (χ0n) is 10.9. The fourth-order valence-electron chi connectivity index (χ4n) is 2.03. The number of aromatic nitrogens is 1. The Morgan fingerprint density at radius 3 is 3.00 bits per heavy atom. The van der Waals surface area contributed by atoms with Gasteiger partial charge in [-0.05, 0) is 24.6 Å². The van der Waals surface area contributed by atoms with Crippen molar-refractivity contribution in [3.05, 3.63) is 28.9 Å². The van der Waals surface area contributed by atoms with Crippen LogP contribution in [0.2, 0.25) is 0 Å². The Morgan fingerprint density at radius 1 is 1.47 bits per heavy atom. The van der Waals surface area contributed by atoms with E-state index in [-0.39, 0.29) is 6.10 Å². The number of hydrogen-bond donors (Lipinski definition) is 3. The molecule has 1 aromatic heterocycles. The summed E-state index contributed by atoms with van der Waals surface area (Å²) in [6, 6.07) is 5.86. The van der Waals surface area contributed by atoms with Gasteiger partial charge in [-0.15, -0.1) is 0 Å². The number of nitrogens with one attached hydrogen (secondary N) is 1. The molecule has 2 aromatic rings. The number of pyridine rings is 1. The van der Waals surface area contributed by atoms with Crippen LogP contribution in [0, 0.1) is 0 Å². The summed E-state index contributed by atoms with van der Waals surface area (Å²) >= 11 is 3.45. The fourth-order valence-corrected chi connectivity index (χ4v) is 2.39. The summed E-state index contributed by atoms with van der Waals surface area (Å²) in [6.45, 7) is 2.54. The summed E-state index contributed by atoms with van der Waals surface area (Å²) in [7, 11) is 0. The van der Waals surface area contributed by atoms with Crippen molar-refractivity contribution in [2.24, 2.45) is 0 Å². The number of hydrogen-bond acceptors (Lipinski definition) is 4. The molecular weight excluding hydrogens is 306 g/mol. The average Bonchev–Trinajstić information content (AvgIpc) is 2.38. The minimum Gasteiger partial charge on any atom is -0.396 e. The molecule has 5 heteroatoms. The standard InChI is InChI=1S/C14H18BrN3O/c1-2-3-10(19)7-18-14-11-6-9(15)4-5-13(11)17-8-12(14)16/h4-6,8,10,19H,2-3,7,16H2,1H3,(H,17,18). The lowest BCUT2D eigenvalue weighted by Gasteiger charge is -2.15. The molecule has 4 nitrogen and oxygen atoms in total. The van der Waals surface area contributed by atoms with Gasteiger partial charge in [0, 0.05) is 16.4 Å². The van der Waals surface area contributed by atoms with Crippen molar-refractivity contribution in [2.75, 3.05) is 17.6 Å². The van der Waals surface area contributed by atoms with E-state index < -0.39 is 0 Å². The third-order valence-electron chi connectivity index (χ3n) is 3.00. The Labute approximate surface area is 121 Å². The normalized spacial score (nSPS) is 12.6. The highest BCUT2D eigenvalue weighted by atomic mass is 79.9. The fraction of sp³-hybridized carbons (Fsp3) is 0.357. The molecule has 0 spiro atoms. The summed E-state index contributed by atoms with van der Waals surface area (Å²) in [5, 5.41) is 14.0. The number of nitrogens with zero attached hydrogens (tertiary/aromatic N) is 1. The number of aliphatic hydroxyl groups is 1. The molecule has 0 amide bonds. The SMILES string of the molecule is CCCC(O)CNc1c(N)cnc2ccc(Br)cc12. The minimum atomic E-state index is -0.361. The molecule has 0 saturated heterocycles. The molecule has 2 rings (SSSR count). The van der Waals surface area contributed by atoms with E-state index in [9.17, 15) is 5.11 Å². The molecule has 0 aliphatic rings. The van der Waals surface area contributed by atoms with Crippen LogP contribution in [0.5, 0.6) is 0 Å². The number of benzene rings is 1. The van der Waals surface area contributed by atoms with E-state index in [0.29, 0.717) is 12.2 Å². The summed E-state index contributed by atoms with van der Waals surface area (Å²) in [6.07, 6.45) is 3.02. The van der Waals surface area contributed by atoms with Gasteiger partial charge in [0.05, 0.1) is 29.2 Å². The molecule has 0 aliphatic heterocycles. The second-order valence-corrected chi connectivity index (χ2v) is 5.49. The second kappa shape index (κ2) is 6.21. The van der Waals surface area contributed by atoms with Crippen molar-refractivity contribution in [3.8, 4) is 0 Å². The number of nitrogen functional groups attached to an aromatic ring is 1. The highest BCUT2D eigenvalue weighted by molar-refractivity contribution is 9.10. The van der Waals surface area contributed by atoms with Crippen LogP contribution < -0.4 is 11.1 Å². The number of nitrogens with two attached hydrogens (primary N) is 1. The first-order chi connectivity index (χ1) is 9.11. The zero-order chi connectivity index (χ0) is 13.8. The molecule has 19 heavy (non-hydrogen) atoms. The molecule has 102 valence electrons. The molecule has 0 bridgehead atoms. The molecule has 0 fully saturated rings. The molecule has 0 radical (unpaired) electrons. The van der Waals surface area contributed by atoms with Crippen LogP contribution in [0.15, 0.2) is 28.9 Å². The van der Waals surface area contributed by atoms with Gasteiger partial charge in [-0.3, -0.25) is 4.98 Å². The van der Waals surface area contributed by atoms with E-state index >= 15 is 0 Å². The maximum absolute atomic E-state index is 9.80. The van der Waals surface area contributed by atoms with Crippen LogP contribution in [0.4, 0.5) is 11.4 Å². The van der Waals surface area contributed by atoms with Crippen molar-refractivity contribution in [1.82, 2.24) is 4.98 Å². The lowest BCUT2D eigenvalue weighted by Crippen LogP contribution is -2.19. The Bertz CT molecular complexity index is 569. The molecule has 1 unspecified atom stereocenters. The van der Waals surface area contributed by atoms with E-state index in [0.717, 1.165) is 33.9 Å². The molecule has 0 saturated carbocycles. The topological polar surface area (TPSA) is 71.2 Å². The van der Waals surface area contributed by atoms with Gasteiger partial charge in [0.2, 0.25) is 0 Å². The lowest BCUT2D eigenvalue weighted by molar-refractivity contribution is 0.176. The van der Waals surface area contributed by atoms with E-state index in [2.05, 4.69) is 33.2 Å². The summed E-state index contributed by atoms with van der Waals surface area (Å²) in [4.78, 5) is 4.30. The Balaban J connectivity index is 2.30. The highest BCUT2D eigenvalue weighted by Crippen LogP contribution is 2.30. The van der Waals surface area contributed by atoms with Crippen LogP contribution >= 0.6 is 15.9 Å². The van der Waals surface area contributed by atoms with Crippen molar-refractivity contribution in [2.45, 2.75) is 25.9 Å². The van der Waals surface area contributed by atoms with Crippen LogP contribution in [-0.2, 0) is 0 Å². The van der Waals surface area contributed by atoms with Crippen LogP contribution in [-0.4, -0.2) is 22.7 Å². The van der Waals surface area contributed by atoms with Crippen LogP contribution in [0.1, 0.15) is 19.8 Å². The summed E-state index contributed by atoms with van der Waals surface area (Å²) in [5.41, 5.74) is 8.28. The van der Waals surface area contributed by atoms with Crippen molar-refractivity contribution in [3.63, 3.8) is 0 Å². The predicted molar refractivity (Wildman–Crippen MR) is 83.3 cm³/mol. The van der Waals surface area contributed by atoms with E-state index in [4.69, 9.17) is 5.73 Å². The van der Waals surface area contributed by atoms with Crippen LogP contribution in [0.25, 0.3) is 10.9 Å². The third kappa shape index (κ3) is 3.36. The Hall–Kier alpha value is -1.33. The minimum absolute atomic E-state index is 0.361. The van der Waals surface area contributed by atoms with Gasteiger partial charge >= 0.3 is 0 Å². The largest absolute Gasteiger partial charge is 0.396 e. The van der Waals surface area contributed by atoms with Gasteiger partial charge in [0.25, 0.3) is 0 Å². The quantitative estimate of drug-likeness (QED) is 0.790. The van der Waals surface area contributed by atoms with Crippen molar-refractivity contribution < 1.29 is 5.11 Å². The van der Waals surface area contributed by atoms with E-state index in [1.807, 2.05) is 18.2 Å². The third-order valence-corrected chi connectivity index (χ3v) is 3.49. The summed E-state index contributed by atoms with van der Waals surface area (Å²) < 4.78 is 0.976. The Kier molecular flexibility index (Phi) is 4.61. The first-order valence-corrected chi connectivity index (χ1v) is 7.16. The van der Waals surface area contributed by atoms with Crippen molar-refractivity contribution >= 4 is 38.2 Å². The lowest BCUT2D eigenvalue weighted by atomic mass is 10.1. The zero-order valence-corrected chi connectivity index (χ0v) is 12.4. The molecule has 1 atom stereocenters. The molecule has 0 aliphatic carbocycles. The maximum Gasteiger partial charge on any atom is 0.0743 e. The first kappa shape index (κ1) is 14.1. The van der Waals surface area contributed by atoms with Gasteiger partial charge in [-0.2, -0.15) is 0 Å². The number of anilines is 2. The predicted octanol–water partition coefficient (Wildman–Crippen LogP) is 3.15. The second-order valence-electron chi connectivity index (χ2n) is 4.57. The highest BCUT2D eigenvalue weighted by Gasteiger charge is 2.09. The van der Waals surface area contributed by atoms with E-state index in [1.165, 1.54) is 0 Å². The number of fused-ring (bicyclic) bond motifs is 1. The number of halogens is 1. The number of rotatable bonds is 5.